The first kappa shape index (κ1) is 11.7. The molecule has 0 aliphatic carbocycles. The van der Waals surface area contributed by atoms with E-state index in [9.17, 15) is 0 Å². The van der Waals surface area contributed by atoms with Gasteiger partial charge in [0.05, 0.1) is 5.56 Å². The molecule has 2 aromatic heterocycles. The molecule has 0 amide bonds. The Hall–Kier alpha value is -1.80. The van der Waals surface area contributed by atoms with Gasteiger partial charge >= 0.3 is 0 Å². The predicted molar refractivity (Wildman–Crippen MR) is 65.8 cm³/mol. The van der Waals surface area contributed by atoms with Gasteiger partial charge in [-0.3, -0.25) is 0 Å². The molecular formula is C12H12N4S. The number of hydrogen-bond acceptors (Lipinski definition) is 4. The van der Waals surface area contributed by atoms with E-state index in [4.69, 9.17) is 5.26 Å². The summed E-state index contributed by atoms with van der Waals surface area (Å²) in [5.41, 5.74) is 2.50. The number of pyridine rings is 1. The van der Waals surface area contributed by atoms with Crippen molar-refractivity contribution in [3.63, 3.8) is 0 Å². The van der Waals surface area contributed by atoms with Crippen LogP contribution in [0.5, 0.6) is 0 Å². The molecular weight excluding hydrogens is 232 g/mol. The van der Waals surface area contributed by atoms with Crippen LogP contribution in [0.1, 0.15) is 16.8 Å². The summed E-state index contributed by atoms with van der Waals surface area (Å²) in [5.74, 6) is 0. The lowest BCUT2D eigenvalue weighted by Gasteiger charge is -2.06. The van der Waals surface area contributed by atoms with Crippen LogP contribution in [0.3, 0.4) is 0 Å². The van der Waals surface area contributed by atoms with Gasteiger partial charge in [-0.15, -0.1) is 0 Å². The Morgan fingerprint density at radius 1 is 1.41 bits per heavy atom. The van der Waals surface area contributed by atoms with Gasteiger partial charge in [0.2, 0.25) is 0 Å². The summed E-state index contributed by atoms with van der Waals surface area (Å²) in [4.78, 5) is 8.63. The lowest BCUT2D eigenvalue weighted by molar-refractivity contribution is 0.788. The van der Waals surface area contributed by atoms with Crippen LogP contribution in [-0.4, -0.2) is 14.5 Å². The van der Waals surface area contributed by atoms with E-state index in [-0.39, 0.29) is 0 Å². The second-order valence-electron chi connectivity index (χ2n) is 3.80. The Morgan fingerprint density at radius 2 is 2.18 bits per heavy atom. The van der Waals surface area contributed by atoms with Crippen molar-refractivity contribution in [2.75, 3.05) is 0 Å². The zero-order valence-electron chi connectivity index (χ0n) is 9.93. The minimum atomic E-state index is 0.628. The van der Waals surface area contributed by atoms with E-state index < -0.39 is 0 Å². The lowest BCUT2D eigenvalue weighted by atomic mass is 10.1. The van der Waals surface area contributed by atoms with Crippen LogP contribution >= 0.6 is 11.8 Å². The SMILES string of the molecule is Cc1cc(C)c(C#N)c(Sc2nccn2C)n1. The van der Waals surface area contributed by atoms with Crippen LogP contribution in [0.15, 0.2) is 28.6 Å². The molecule has 86 valence electrons. The van der Waals surface area contributed by atoms with Crippen molar-refractivity contribution in [3.05, 3.63) is 35.3 Å². The number of hydrogen-bond donors (Lipinski definition) is 0. The molecule has 2 rings (SSSR count). The first-order chi connectivity index (χ1) is 8.11. The van der Waals surface area contributed by atoms with Gasteiger partial charge in [-0.25, -0.2) is 9.97 Å². The van der Waals surface area contributed by atoms with Crippen LogP contribution in [0.2, 0.25) is 0 Å². The molecule has 2 aromatic rings. The number of rotatable bonds is 2. The summed E-state index contributed by atoms with van der Waals surface area (Å²) in [6, 6.07) is 4.12. The van der Waals surface area contributed by atoms with E-state index in [2.05, 4.69) is 16.0 Å². The van der Waals surface area contributed by atoms with Gasteiger partial charge in [-0.2, -0.15) is 5.26 Å². The van der Waals surface area contributed by atoms with E-state index in [0.29, 0.717) is 5.56 Å². The highest BCUT2D eigenvalue weighted by Gasteiger charge is 2.12. The molecule has 5 heteroatoms. The molecule has 0 saturated heterocycles. The Kier molecular flexibility index (Phi) is 3.16. The fourth-order valence-electron chi connectivity index (χ4n) is 1.55. The third kappa shape index (κ3) is 2.32. The number of imidazole rings is 1. The Labute approximate surface area is 104 Å². The van der Waals surface area contributed by atoms with Gasteiger partial charge in [0.25, 0.3) is 0 Å². The van der Waals surface area contributed by atoms with E-state index in [0.717, 1.165) is 21.4 Å². The smallest absolute Gasteiger partial charge is 0.174 e. The fourth-order valence-corrected chi connectivity index (χ4v) is 2.54. The highest BCUT2D eigenvalue weighted by atomic mass is 32.2. The highest BCUT2D eigenvalue weighted by Crippen LogP contribution is 2.28. The molecule has 0 N–H and O–H groups in total. The van der Waals surface area contributed by atoms with Crippen molar-refractivity contribution in [1.82, 2.24) is 14.5 Å². The van der Waals surface area contributed by atoms with Crippen LogP contribution in [0, 0.1) is 25.2 Å². The molecule has 0 atom stereocenters. The van der Waals surface area contributed by atoms with Gasteiger partial charge in [0.15, 0.2) is 5.16 Å². The van der Waals surface area contributed by atoms with E-state index in [1.54, 1.807) is 6.20 Å². The molecule has 0 radical (unpaired) electrons. The van der Waals surface area contributed by atoms with Crippen LogP contribution in [-0.2, 0) is 7.05 Å². The number of nitrogens with zero attached hydrogens (tertiary/aromatic N) is 4. The maximum atomic E-state index is 9.16. The van der Waals surface area contributed by atoms with Crippen molar-refractivity contribution in [2.24, 2.45) is 7.05 Å². The highest BCUT2D eigenvalue weighted by molar-refractivity contribution is 7.99. The normalized spacial score (nSPS) is 10.2. The van der Waals surface area contributed by atoms with Crippen molar-refractivity contribution in [1.29, 1.82) is 5.26 Å². The molecule has 4 nitrogen and oxygen atoms in total. The molecule has 2 heterocycles. The van der Waals surface area contributed by atoms with E-state index >= 15 is 0 Å². The quantitative estimate of drug-likeness (QED) is 0.814. The number of nitriles is 1. The fraction of sp³-hybridized carbons (Fsp3) is 0.250. The average Bonchev–Trinajstić information content (AvgIpc) is 2.64. The molecule has 0 aliphatic heterocycles. The van der Waals surface area contributed by atoms with Gasteiger partial charge in [-0.05, 0) is 37.2 Å². The number of aromatic nitrogens is 3. The first-order valence-electron chi connectivity index (χ1n) is 5.15. The second kappa shape index (κ2) is 4.60. The van der Waals surface area contributed by atoms with Crippen LogP contribution in [0.4, 0.5) is 0 Å². The predicted octanol–water partition coefficient (Wildman–Crippen LogP) is 2.45. The molecule has 17 heavy (non-hydrogen) atoms. The van der Waals surface area contributed by atoms with Crippen molar-refractivity contribution in [3.8, 4) is 6.07 Å². The first-order valence-corrected chi connectivity index (χ1v) is 5.97. The van der Waals surface area contributed by atoms with Crippen LogP contribution in [0.25, 0.3) is 0 Å². The Balaban J connectivity index is 2.46. The lowest BCUT2D eigenvalue weighted by Crippen LogP contribution is -1.96. The van der Waals surface area contributed by atoms with Crippen molar-refractivity contribution in [2.45, 2.75) is 24.0 Å². The zero-order valence-corrected chi connectivity index (χ0v) is 10.7. The van der Waals surface area contributed by atoms with Gasteiger partial charge in [-0.1, -0.05) is 0 Å². The average molecular weight is 244 g/mol. The van der Waals surface area contributed by atoms with Crippen molar-refractivity contribution < 1.29 is 0 Å². The molecule has 0 spiro atoms. The minimum absolute atomic E-state index is 0.628. The van der Waals surface area contributed by atoms with E-state index in [1.807, 2.05) is 37.7 Å². The summed E-state index contributed by atoms with van der Waals surface area (Å²) < 4.78 is 1.91. The third-order valence-corrected chi connectivity index (χ3v) is 3.45. The molecule has 0 fully saturated rings. The second-order valence-corrected chi connectivity index (χ2v) is 4.75. The van der Waals surface area contributed by atoms with Gasteiger partial charge < -0.3 is 4.57 Å². The summed E-state index contributed by atoms with van der Waals surface area (Å²) in [6.07, 6.45) is 3.61. The molecule has 0 aliphatic rings. The standard InChI is InChI=1S/C12H12N4S/c1-8-6-9(2)15-11(10(8)7-13)17-12-14-4-5-16(12)3/h4-6H,1-3H3. The topological polar surface area (TPSA) is 54.5 Å². The molecule has 0 aromatic carbocycles. The third-order valence-electron chi connectivity index (χ3n) is 2.39. The van der Waals surface area contributed by atoms with Gasteiger partial charge in [0.1, 0.15) is 11.1 Å². The maximum Gasteiger partial charge on any atom is 0.174 e. The monoisotopic (exact) mass is 244 g/mol. The molecule has 0 unspecified atom stereocenters. The summed E-state index contributed by atoms with van der Waals surface area (Å²) in [5, 5.41) is 10.7. The number of aryl methyl sites for hydroxylation is 3. The van der Waals surface area contributed by atoms with Gasteiger partial charge in [0, 0.05) is 25.1 Å². The Bertz CT molecular complexity index is 595. The van der Waals surface area contributed by atoms with Crippen LogP contribution < -0.4 is 0 Å². The minimum Gasteiger partial charge on any atom is -0.329 e. The summed E-state index contributed by atoms with van der Waals surface area (Å²) in [7, 11) is 1.92. The largest absolute Gasteiger partial charge is 0.329 e. The van der Waals surface area contributed by atoms with E-state index in [1.165, 1.54) is 11.8 Å². The summed E-state index contributed by atoms with van der Waals surface area (Å²) >= 11 is 1.42. The molecule has 0 bridgehead atoms. The summed E-state index contributed by atoms with van der Waals surface area (Å²) in [6.45, 7) is 3.85. The molecule has 0 saturated carbocycles. The maximum absolute atomic E-state index is 9.16. The zero-order chi connectivity index (χ0) is 12.4. The van der Waals surface area contributed by atoms with Crippen molar-refractivity contribution >= 4 is 11.8 Å². The Morgan fingerprint density at radius 3 is 2.76 bits per heavy atom.